The maximum atomic E-state index is 12.5. The monoisotopic (exact) mass is 334 g/mol. The van der Waals surface area contributed by atoms with Crippen LogP contribution < -0.4 is 5.32 Å². The van der Waals surface area contributed by atoms with E-state index in [1.165, 1.54) is 6.07 Å². The third-order valence-electron chi connectivity index (χ3n) is 2.43. The highest BCUT2D eigenvalue weighted by Gasteiger charge is 2.30. The van der Waals surface area contributed by atoms with E-state index in [0.29, 0.717) is 28.2 Å². The number of aromatic nitrogens is 1. The Hall–Kier alpha value is -1.50. The van der Waals surface area contributed by atoms with Gasteiger partial charge in [0.1, 0.15) is 11.5 Å². The SMILES string of the molecule is Cc1cc(CNc2ccc(C(F)(F)F)cc2Br)no1. The van der Waals surface area contributed by atoms with Gasteiger partial charge in [0.2, 0.25) is 0 Å². The van der Waals surface area contributed by atoms with Crippen molar-refractivity contribution < 1.29 is 17.7 Å². The van der Waals surface area contributed by atoms with E-state index >= 15 is 0 Å². The Morgan fingerprint density at radius 3 is 2.58 bits per heavy atom. The number of alkyl halides is 3. The van der Waals surface area contributed by atoms with Crippen LogP contribution in [0.4, 0.5) is 18.9 Å². The lowest BCUT2D eigenvalue weighted by molar-refractivity contribution is -0.137. The Balaban J connectivity index is 2.09. The Bertz CT molecular complexity index is 581. The van der Waals surface area contributed by atoms with Gasteiger partial charge in [-0.2, -0.15) is 13.2 Å². The van der Waals surface area contributed by atoms with E-state index in [9.17, 15) is 13.2 Å². The van der Waals surface area contributed by atoms with Gasteiger partial charge < -0.3 is 9.84 Å². The Morgan fingerprint density at radius 2 is 2.05 bits per heavy atom. The molecule has 1 heterocycles. The van der Waals surface area contributed by atoms with Crippen molar-refractivity contribution in [2.75, 3.05) is 5.32 Å². The van der Waals surface area contributed by atoms with Crippen molar-refractivity contribution >= 4 is 21.6 Å². The fourth-order valence-corrected chi connectivity index (χ4v) is 2.04. The lowest BCUT2D eigenvalue weighted by Crippen LogP contribution is -2.06. The van der Waals surface area contributed by atoms with Crippen molar-refractivity contribution in [2.24, 2.45) is 0 Å². The van der Waals surface area contributed by atoms with E-state index in [1.807, 2.05) is 0 Å². The van der Waals surface area contributed by atoms with Crippen molar-refractivity contribution in [1.82, 2.24) is 5.16 Å². The Kier molecular flexibility index (Phi) is 3.84. The van der Waals surface area contributed by atoms with E-state index in [4.69, 9.17) is 4.52 Å². The van der Waals surface area contributed by atoms with Gasteiger partial charge in [-0.05, 0) is 41.1 Å². The molecule has 0 spiro atoms. The number of nitrogens with one attached hydrogen (secondary N) is 1. The van der Waals surface area contributed by atoms with E-state index in [-0.39, 0.29) is 0 Å². The van der Waals surface area contributed by atoms with Gasteiger partial charge in [-0.25, -0.2) is 0 Å². The molecule has 1 N–H and O–H groups in total. The number of benzene rings is 1. The molecule has 0 aliphatic heterocycles. The summed E-state index contributed by atoms with van der Waals surface area (Å²) in [6.07, 6.45) is -4.34. The second-order valence-corrected chi connectivity index (χ2v) is 4.83. The summed E-state index contributed by atoms with van der Waals surface area (Å²) in [5.74, 6) is 0.684. The molecule has 0 aliphatic carbocycles. The molecule has 19 heavy (non-hydrogen) atoms. The van der Waals surface area contributed by atoms with Crippen LogP contribution in [0.2, 0.25) is 0 Å². The fraction of sp³-hybridized carbons (Fsp3) is 0.250. The normalized spacial score (nSPS) is 11.6. The summed E-state index contributed by atoms with van der Waals surface area (Å²) in [5, 5.41) is 6.77. The zero-order valence-electron chi connectivity index (χ0n) is 9.88. The predicted octanol–water partition coefficient (Wildman–Crippen LogP) is 4.38. The number of hydrogen-bond donors (Lipinski definition) is 1. The number of halogens is 4. The molecule has 0 amide bonds. The average Bonchev–Trinajstić information content (AvgIpc) is 2.72. The smallest absolute Gasteiger partial charge is 0.378 e. The first-order valence-electron chi connectivity index (χ1n) is 5.39. The zero-order chi connectivity index (χ0) is 14.0. The van der Waals surface area contributed by atoms with Crippen LogP contribution in [0.15, 0.2) is 33.3 Å². The zero-order valence-corrected chi connectivity index (χ0v) is 11.5. The summed E-state index contributed by atoms with van der Waals surface area (Å²) in [4.78, 5) is 0. The highest BCUT2D eigenvalue weighted by Crippen LogP contribution is 2.34. The molecule has 0 bridgehead atoms. The fourth-order valence-electron chi connectivity index (χ4n) is 1.52. The number of hydrogen-bond acceptors (Lipinski definition) is 3. The van der Waals surface area contributed by atoms with Crippen LogP contribution in [-0.4, -0.2) is 5.16 Å². The summed E-state index contributed by atoms with van der Waals surface area (Å²) in [6.45, 7) is 2.14. The van der Waals surface area contributed by atoms with Crippen LogP contribution in [0.25, 0.3) is 0 Å². The highest BCUT2D eigenvalue weighted by molar-refractivity contribution is 9.10. The second-order valence-electron chi connectivity index (χ2n) is 3.97. The third-order valence-corrected chi connectivity index (χ3v) is 3.09. The van der Waals surface area contributed by atoms with Crippen molar-refractivity contribution in [3.05, 3.63) is 45.8 Å². The molecule has 0 radical (unpaired) electrons. The van der Waals surface area contributed by atoms with Crippen LogP contribution >= 0.6 is 15.9 Å². The van der Waals surface area contributed by atoms with E-state index < -0.39 is 11.7 Å². The topological polar surface area (TPSA) is 38.1 Å². The van der Waals surface area contributed by atoms with E-state index in [0.717, 1.165) is 12.1 Å². The maximum absolute atomic E-state index is 12.5. The predicted molar refractivity (Wildman–Crippen MR) is 67.7 cm³/mol. The lowest BCUT2D eigenvalue weighted by atomic mass is 10.2. The summed E-state index contributed by atoms with van der Waals surface area (Å²) < 4.78 is 42.7. The van der Waals surface area contributed by atoms with Crippen LogP contribution in [0.1, 0.15) is 17.0 Å². The molecule has 3 nitrogen and oxygen atoms in total. The van der Waals surface area contributed by atoms with Crippen LogP contribution in [0.5, 0.6) is 0 Å². The molecule has 0 fully saturated rings. The molecule has 1 aromatic carbocycles. The molecule has 7 heteroatoms. The lowest BCUT2D eigenvalue weighted by Gasteiger charge is -2.11. The number of anilines is 1. The van der Waals surface area contributed by atoms with Gasteiger partial charge in [0.15, 0.2) is 0 Å². The molecule has 0 aliphatic rings. The standard InChI is InChI=1S/C12H10BrF3N2O/c1-7-4-9(18-19-7)6-17-11-3-2-8(5-10(11)13)12(14,15)16/h2-5,17H,6H2,1H3. The molecule has 0 atom stereocenters. The van der Waals surface area contributed by atoms with Crippen molar-refractivity contribution in [3.8, 4) is 0 Å². The van der Waals surface area contributed by atoms with Crippen LogP contribution in [0, 0.1) is 6.92 Å². The van der Waals surface area contributed by atoms with Gasteiger partial charge in [-0.3, -0.25) is 0 Å². The van der Waals surface area contributed by atoms with Crippen LogP contribution in [0.3, 0.4) is 0 Å². The quantitative estimate of drug-likeness (QED) is 0.905. The minimum atomic E-state index is -4.34. The second kappa shape index (κ2) is 5.24. The first-order chi connectivity index (χ1) is 8.86. The summed E-state index contributed by atoms with van der Waals surface area (Å²) in [7, 11) is 0. The minimum absolute atomic E-state index is 0.350. The first kappa shape index (κ1) is 13.9. The molecule has 2 rings (SSSR count). The summed E-state index contributed by atoms with van der Waals surface area (Å²) in [6, 6.07) is 5.20. The third kappa shape index (κ3) is 3.50. The molecule has 0 unspecified atom stereocenters. The maximum Gasteiger partial charge on any atom is 0.416 e. The molecular formula is C12H10BrF3N2O. The summed E-state index contributed by atoms with van der Waals surface area (Å²) >= 11 is 3.11. The van der Waals surface area contributed by atoms with Gasteiger partial charge in [0.25, 0.3) is 0 Å². The van der Waals surface area contributed by atoms with Gasteiger partial charge in [0.05, 0.1) is 12.1 Å². The Labute approximate surface area is 115 Å². The molecule has 2 aromatic rings. The molecule has 0 saturated carbocycles. The van der Waals surface area contributed by atoms with Crippen LogP contribution in [-0.2, 0) is 12.7 Å². The van der Waals surface area contributed by atoms with Crippen molar-refractivity contribution in [3.63, 3.8) is 0 Å². The van der Waals surface area contributed by atoms with E-state index in [2.05, 4.69) is 26.4 Å². The first-order valence-corrected chi connectivity index (χ1v) is 6.18. The number of nitrogens with zero attached hydrogens (tertiary/aromatic N) is 1. The minimum Gasteiger partial charge on any atom is -0.378 e. The summed E-state index contributed by atoms with van der Waals surface area (Å²) in [5.41, 5.74) is 0.556. The largest absolute Gasteiger partial charge is 0.416 e. The van der Waals surface area contributed by atoms with Gasteiger partial charge in [0, 0.05) is 16.2 Å². The molecule has 1 aromatic heterocycles. The van der Waals surface area contributed by atoms with Gasteiger partial charge >= 0.3 is 6.18 Å². The van der Waals surface area contributed by atoms with E-state index in [1.54, 1.807) is 13.0 Å². The Morgan fingerprint density at radius 1 is 1.32 bits per heavy atom. The highest BCUT2D eigenvalue weighted by atomic mass is 79.9. The van der Waals surface area contributed by atoms with Gasteiger partial charge in [-0.1, -0.05) is 5.16 Å². The van der Waals surface area contributed by atoms with Gasteiger partial charge in [-0.15, -0.1) is 0 Å². The number of rotatable bonds is 3. The average molecular weight is 335 g/mol. The van der Waals surface area contributed by atoms with Crippen molar-refractivity contribution in [1.29, 1.82) is 0 Å². The number of aryl methyl sites for hydroxylation is 1. The molecule has 0 saturated heterocycles. The molecular weight excluding hydrogens is 325 g/mol. The molecule has 102 valence electrons. The van der Waals surface area contributed by atoms with Crippen molar-refractivity contribution in [2.45, 2.75) is 19.6 Å².